The van der Waals surface area contributed by atoms with Crippen LogP contribution in [0, 0.1) is 0 Å². The zero-order valence-electron chi connectivity index (χ0n) is 14.9. The smallest absolute Gasteiger partial charge is 0.465 e. The Morgan fingerprint density at radius 1 is 1.44 bits per heavy atom. The summed E-state index contributed by atoms with van der Waals surface area (Å²) in [6.07, 6.45) is 0.700. The quantitative estimate of drug-likeness (QED) is 0.358. The van der Waals surface area contributed by atoms with Crippen molar-refractivity contribution in [1.82, 2.24) is 4.90 Å². The van der Waals surface area contributed by atoms with E-state index in [1.807, 2.05) is 0 Å². The number of amides is 1. The summed E-state index contributed by atoms with van der Waals surface area (Å²) in [5.41, 5.74) is 5.60. The zero-order chi connectivity index (χ0) is 20.1. The number of carboxylic acids is 1. The van der Waals surface area contributed by atoms with Crippen LogP contribution in [0.5, 0.6) is 11.5 Å². The van der Waals surface area contributed by atoms with E-state index in [-0.39, 0.29) is 35.4 Å². The molecule has 9 nitrogen and oxygen atoms in total. The van der Waals surface area contributed by atoms with Crippen LogP contribution in [0.3, 0.4) is 0 Å². The third-order valence-electron chi connectivity index (χ3n) is 4.41. The number of ether oxygens (including phenoxy) is 1. The number of aromatic carboxylic acids is 1. The van der Waals surface area contributed by atoms with Gasteiger partial charge < -0.3 is 35.6 Å². The second-order valence-corrected chi connectivity index (χ2v) is 7.54. The number of nitrogens with zero attached hydrogens (tertiary/aromatic N) is 1. The van der Waals surface area contributed by atoms with Gasteiger partial charge in [0.05, 0.1) is 12.9 Å². The van der Waals surface area contributed by atoms with Crippen molar-refractivity contribution in [2.24, 2.45) is 5.73 Å². The number of phenols is 1. The van der Waals surface area contributed by atoms with E-state index in [9.17, 15) is 29.9 Å². The molecule has 27 heavy (non-hydrogen) atoms. The number of aromatic hydroxyl groups is 1. The lowest BCUT2D eigenvalue weighted by Crippen LogP contribution is -2.36. The van der Waals surface area contributed by atoms with Crippen molar-refractivity contribution in [2.45, 2.75) is 24.0 Å². The first-order chi connectivity index (χ1) is 12.7. The lowest BCUT2D eigenvalue weighted by molar-refractivity contribution is -0.127. The van der Waals surface area contributed by atoms with Crippen LogP contribution >= 0.6 is 11.8 Å². The van der Waals surface area contributed by atoms with E-state index in [0.29, 0.717) is 13.1 Å². The van der Waals surface area contributed by atoms with Crippen LogP contribution in [0.2, 0.25) is 0 Å². The van der Waals surface area contributed by atoms with Crippen molar-refractivity contribution in [2.75, 3.05) is 26.0 Å². The van der Waals surface area contributed by atoms with Crippen molar-refractivity contribution in [3.05, 3.63) is 23.3 Å². The van der Waals surface area contributed by atoms with Crippen molar-refractivity contribution in [3.8, 4) is 11.5 Å². The molecule has 1 unspecified atom stereocenters. The van der Waals surface area contributed by atoms with Crippen molar-refractivity contribution in [1.29, 1.82) is 0 Å². The normalized spacial score (nSPS) is 17.6. The van der Waals surface area contributed by atoms with Crippen LogP contribution in [0.1, 0.15) is 22.3 Å². The third kappa shape index (κ3) is 5.28. The first-order valence-corrected chi connectivity index (χ1v) is 9.42. The molecule has 0 radical (unpaired) electrons. The second-order valence-electron chi connectivity index (χ2n) is 6.31. The molecule has 0 saturated carbocycles. The Labute approximate surface area is 161 Å². The van der Waals surface area contributed by atoms with E-state index < -0.39 is 29.5 Å². The molecule has 1 aromatic carbocycles. The summed E-state index contributed by atoms with van der Waals surface area (Å²) in [6.45, 7) is 1.06. The highest BCUT2D eigenvalue weighted by molar-refractivity contribution is 8.01. The van der Waals surface area contributed by atoms with Gasteiger partial charge in [0.2, 0.25) is 5.91 Å². The summed E-state index contributed by atoms with van der Waals surface area (Å²) < 4.78 is 4.93. The van der Waals surface area contributed by atoms with Gasteiger partial charge in [0.1, 0.15) is 17.1 Å². The van der Waals surface area contributed by atoms with E-state index in [1.54, 1.807) is 4.90 Å². The molecule has 11 heteroatoms. The van der Waals surface area contributed by atoms with Crippen LogP contribution in [-0.2, 0) is 11.2 Å². The average Bonchev–Trinajstić information content (AvgIpc) is 3.05. The van der Waals surface area contributed by atoms with Gasteiger partial charge in [-0.2, -0.15) is 11.8 Å². The molecule has 1 aromatic rings. The standard InChI is InChI=1S/C16H23BN2O7S/c1-26-11-3-2-9(15(21)14(11)16(22)23)6-12(17(24)25)27-8-13(20)19-5-4-10(18)7-19/h2-3,10,12,21,24-25H,4-8,18H2,1H3,(H,22,23)/t10?,12-/m0/s1. The molecule has 1 aliphatic heterocycles. The fourth-order valence-corrected chi connectivity index (χ4v) is 3.92. The Kier molecular flexibility index (Phi) is 7.37. The lowest BCUT2D eigenvalue weighted by atomic mass is 9.81. The number of carbonyl (C=O) groups is 2. The van der Waals surface area contributed by atoms with E-state index in [0.717, 1.165) is 18.2 Å². The Morgan fingerprint density at radius 3 is 2.67 bits per heavy atom. The number of likely N-dealkylation sites (tertiary alicyclic amines) is 1. The summed E-state index contributed by atoms with van der Waals surface area (Å²) in [5.74, 6) is -1.98. The molecule has 6 N–H and O–H groups in total. The third-order valence-corrected chi connectivity index (χ3v) is 5.66. The minimum absolute atomic E-state index is 0.00181. The van der Waals surface area contributed by atoms with E-state index in [1.165, 1.54) is 19.2 Å². The predicted octanol–water partition coefficient (Wildman–Crippen LogP) is -0.685. The molecule has 2 rings (SSSR count). The van der Waals surface area contributed by atoms with Gasteiger partial charge in [-0.3, -0.25) is 4.79 Å². The Balaban J connectivity index is 2.09. The molecule has 0 bridgehead atoms. The first-order valence-electron chi connectivity index (χ1n) is 8.37. The lowest BCUT2D eigenvalue weighted by Gasteiger charge is -2.20. The van der Waals surface area contributed by atoms with Crippen LogP contribution in [0.25, 0.3) is 0 Å². The fourth-order valence-electron chi connectivity index (χ4n) is 2.91. The van der Waals surface area contributed by atoms with Gasteiger partial charge in [-0.05, 0) is 24.5 Å². The summed E-state index contributed by atoms with van der Waals surface area (Å²) in [6, 6.07) is 2.81. The molecule has 1 saturated heterocycles. The molecule has 1 aliphatic rings. The minimum Gasteiger partial charge on any atom is -0.507 e. The molecule has 0 spiro atoms. The van der Waals surface area contributed by atoms with E-state index in [4.69, 9.17) is 10.5 Å². The largest absolute Gasteiger partial charge is 0.507 e. The monoisotopic (exact) mass is 398 g/mol. The zero-order valence-corrected chi connectivity index (χ0v) is 15.7. The van der Waals surface area contributed by atoms with Crippen LogP contribution < -0.4 is 10.5 Å². The number of hydrogen-bond acceptors (Lipinski definition) is 8. The fraction of sp³-hybridized carbons (Fsp3) is 0.500. The molecule has 1 fully saturated rings. The molecule has 0 aliphatic carbocycles. The van der Waals surface area contributed by atoms with Gasteiger partial charge in [0.15, 0.2) is 0 Å². The summed E-state index contributed by atoms with van der Waals surface area (Å²) in [7, 11) is -0.467. The van der Waals surface area contributed by atoms with Crippen molar-refractivity contribution < 1.29 is 34.6 Å². The van der Waals surface area contributed by atoms with Crippen LogP contribution in [0.15, 0.2) is 12.1 Å². The molecule has 1 heterocycles. The Bertz CT molecular complexity index is 704. The van der Waals surface area contributed by atoms with Gasteiger partial charge >= 0.3 is 13.1 Å². The van der Waals surface area contributed by atoms with Gasteiger partial charge in [-0.15, -0.1) is 0 Å². The number of benzene rings is 1. The van der Waals surface area contributed by atoms with Gasteiger partial charge in [-0.25, -0.2) is 4.79 Å². The van der Waals surface area contributed by atoms with E-state index in [2.05, 4.69) is 0 Å². The molecule has 148 valence electrons. The van der Waals surface area contributed by atoms with Crippen molar-refractivity contribution in [3.63, 3.8) is 0 Å². The van der Waals surface area contributed by atoms with Crippen molar-refractivity contribution >= 4 is 30.8 Å². The van der Waals surface area contributed by atoms with Crippen LogP contribution in [0.4, 0.5) is 0 Å². The highest BCUT2D eigenvalue weighted by Crippen LogP contribution is 2.33. The van der Waals surface area contributed by atoms with E-state index >= 15 is 0 Å². The van der Waals surface area contributed by atoms with Gasteiger partial charge in [0.25, 0.3) is 0 Å². The number of nitrogens with two attached hydrogens (primary N) is 1. The van der Waals surface area contributed by atoms with Gasteiger partial charge in [-0.1, -0.05) is 6.07 Å². The number of carboxylic acid groups (broad SMARTS) is 1. The summed E-state index contributed by atoms with van der Waals surface area (Å²) in [5, 5.41) is 38.0. The SMILES string of the molecule is COc1ccc(C[C@H](SCC(=O)N2CCC(N)C2)B(O)O)c(O)c1C(=O)O. The number of hydrogen-bond donors (Lipinski definition) is 5. The molecular weight excluding hydrogens is 375 g/mol. The number of rotatable bonds is 8. The highest BCUT2D eigenvalue weighted by atomic mass is 32.2. The summed E-state index contributed by atoms with van der Waals surface area (Å²) in [4.78, 5) is 25.2. The first kappa shape index (κ1) is 21.4. The maximum Gasteiger partial charge on any atom is 0.465 e. The second kappa shape index (κ2) is 9.31. The van der Waals surface area contributed by atoms with Crippen LogP contribution in [-0.4, -0.2) is 81.3 Å². The Hall–Kier alpha value is -1.95. The molecular formula is C16H23BN2O7S. The molecule has 0 aromatic heterocycles. The predicted molar refractivity (Wildman–Crippen MR) is 101 cm³/mol. The molecule has 2 atom stereocenters. The number of methoxy groups -OCH3 is 1. The molecule has 1 amide bonds. The maximum absolute atomic E-state index is 12.2. The highest BCUT2D eigenvalue weighted by Gasteiger charge is 2.30. The minimum atomic E-state index is -1.75. The number of thioether (sulfide) groups is 1. The Morgan fingerprint density at radius 2 is 2.15 bits per heavy atom. The number of carbonyl (C=O) groups excluding carboxylic acids is 1. The summed E-state index contributed by atoms with van der Waals surface area (Å²) >= 11 is 1.03. The van der Waals surface area contributed by atoms with Gasteiger partial charge in [0, 0.05) is 24.3 Å². The topological polar surface area (TPSA) is 154 Å². The average molecular weight is 398 g/mol. The maximum atomic E-state index is 12.2.